The molecule has 17 nitrogen and oxygen atoms in total. The lowest BCUT2D eigenvalue weighted by molar-refractivity contribution is -0.274. The monoisotopic (exact) mass is 960 g/mol. The van der Waals surface area contributed by atoms with E-state index in [1.54, 1.807) is 36.8 Å². The number of alkyl halides is 4. The summed E-state index contributed by atoms with van der Waals surface area (Å²) in [6, 6.07) is 13.5. The molecule has 0 saturated carbocycles. The van der Waals surface area contributed by atoms with Gasteiger partial charge in [-0.2, -0.15) is 0 Å². The molecule has 0 spiro atoms. The molecule has 7 amide bonds. The van der Waals surface area contributed by atoms with Gasteiger partial charge in [0, 0.05) is 62.9 Å². The summed E-state index contributed by atoms with van der Waals surface area (Å²) >= 11 is 0. The molecule has 0 bridgehead atoms. The van der Waals surface area contributed by atoms with Gasteiger partial charge in [0.1, 0.15) is 23.6 Å². The van der Waals surface area contributed by atoms with E-state index < -0.39 is 65.9 Å². The van der Waals surface area contributed by atoms with Gasteiger partial charge < -0.3 is 35.3 Å². The molecular weight excluding hydrogens is 909 g/mol. The lowest BCUT2D eigenvalue weighted by Gasteiger charge is -2.35. The first-order chi connectivity index (χ1) is 33.0. The van der Waals surface area contributed by atoms with Crippen LogP contribution in [0.1, 0.15) is 101 Å². The molecule has 4 heterocycles. The summed E-state index contributed by atoms with van der Waals surface area (Å²) in [6.07, 6.45) is 1.30. The highest BCUT2D eigenvalue weighted by molar-refractivity contribution is 6.25. The van der Waals surface area contributed by atoms with Gasteiger partial charge in [-0.05, 0) is 73.7 Å². The molecule has 21 heteroatoms. The quantitative estimate of drug-likeness (QED) is 0.0466. The van der Waals surface area contributed by atoms with Crippen molar-refractivity contribution in [1.29, 1.82) is 0 Å². The highest BCUT2D eigenvalue weighted by Gasteiger charge is 2.45. The van der Waals surface area contributed by atoms with Crippen LogP contribution in [0, 0.1) is 0 Å². The van der Waals surface area contributed by atoms with Crippen molar-refractivity contribution in [2.45, 2.75) is 102 Å². The number of rotatable bonds is 21. The van der Waals surface area contributed by atoms with Crippen molar-refractivity contribution in [2.75, 3.05) is 31.5 Å². The van der Waals surface area contributed by atoms with Crippen LogP contribution in [-0.2, 0) is 32.1 Å². The third-order valence-corrected chi connectivity index (χ3v) is 12.1. The minimum absolute atomic E-state index is 0.0198. The number of ether oxygens (including phenoxy) is 2. The number of benzene rings is 3. The second-order valence-corrected chi connectivity index (χ2v) is 17.1. The highest BCUT2D eigenvalue weighted by Crippen LogP contribution is 2.33. The number of carbonyl (C=O) groups excluding carboxylic acids is 7. The zero-order chi connectivity index (χ0) is 49.2. The fourth-order valence-corrected chi connectivity index (χ4v) is 8.52. The smallest absolute Gasteiger partial charge is 0.486 e. The summed E-state index contributed by atoms with van der Waals surface area (Å²) in [5.41, 5.74) is 8.22. The van der Waals surface area contributed by atoms with Crippen LogP contribution in [0.3, 0.4) is 0 Å². The Morgan fingerprint density at radius 2 is 1.65 bits per heavy atom. The average molecular weight is 961 g/mol. The van der Waals surface area contributed by atoms with E-state index in [1.807, 2.05) is 4.57 Å². The molecule has 3 aliphatic rings. The van der Waals surface area contributed by atoms with Gasteiger partial charge in [0.25, 0.3) is 17.7 Å². The number of primary amides is 1. The number of nitrogens with two attached hydrogens (primary N) is 1. The standard InChI is InChI=1S/C48H52F4N8O9/c49-34-26-59(42(63)24-29-11-14-31(15-12-29)69-48(50,51)52)23-19-39(34)68-38-17-13-30(25-33(38)44(53)64)36-27-58(28-56-36)22-7-10-40(61)55-21-5-3-1-2-4-20-54-35-9-6-8-32-43(35)47(67)60(46(32)66)37-16-18-41(62)57-45(37)65/h6,8-9,11-15,17,25,27-28,34,37,39,54H,1-5,7,10,16,18-24,26H2,(H2,53,64)(H,55,61)(H,57,62,65)/t34-,37?,39-/m1/s1. The summed E-state index contributed by atoms with van der Waals surface area (Å²) in [7, 11) is 0. The summed E-state index contributed by atoms with van der Waals surface area (Å²) in [6.45, 7) is 1.49. The van der Waals surface area contributed by atoms with E-state index in [9.17, 15) is 46.7 Å². The Kier molecular flexibility index (Phi) is 15.9. The number of hydrogen-bond acceptors (Lipinski definition) is 11. The van der Waals surface area contributed by atoms with E-state index in [0.717, 1.165) is 49.1 Å². The van der Waals surface area contributed by atoms with Gasteiger partial charge in [0.05, 0.1) is 41.7 Å². The third kappa shape index (κ3) is 12.8. The van der Waals surface area contributed by atoms with Crippen molar-refractivity contribution in [3.63, 3.8) is 0 Å². The van der Waals surface area contributed by atoms with Gasteiger partial charge in [-0.25, -0.2) is 9.37 Å². The molecule has 3 atom stereocenters. The maximum absolute atomic E-state index is 15.4. The molecule has 366 valence electrons. The van der Waals surface area contributed by atoms with Crippen LogP contribution >= 0.6 is 0 Å². The molecule has 4 aromatic rings. The van der Waals surface area contributed by atoms with Crippen LogP contribution in [0.4, 0.5) is 23.2 Å². The number of amides is 7. The second-order valence-electron chi connectivity index (χ2n) is 17.1. The summed E-state index contributed by atoms with van der Waals surface area (Å²) in [5.74, 6) is -3.81. The number of aromatic nitrogens is 2. The zero-order valence-corrected chi connectivity index (χ0v) is 37.5. The Labute approximate surface area is 394 Å². The van der Waals surface area contributed by atoms with Gasteiger partial charge in [0.15, 0.2) is 6.17 Å². The maximum atomic E-state index is 15.4. The first-order valence-corrected chi connectivity index (χ1v) is 22.8. The summed E-state index contributed by atoms with van der Waals surface area (Å²) in [4.78, 5) is 94.9. The number of unbranched alkanes of at least 4 members (excludes halogenated alkanes) is 4. The number of halogens is 4. The van der Waals surface area contributed by atoms with E-state index in [1.165, 1.54) is 29.2 Å². The van der Waals surface area contributed by atoms with Crippen molar-refractivity contribution in [3.05, 3.63) is 95.4 Å². The molecule has 0 aliphatic carbocycles. The Bertz CT molecular complexity index is 2570. The number of imidazole rings is 1. The molecule has 1 aromatic heterocycles. The van der Waals surface area contributed by atoms with Crippen LogP contribution in [-0.4, -0.2) is 112 Å². The van der Waals surface area contributed by atoms with Crippen LogP contribution in [0.15, 0.2) is 73.2 Å². The first kappa shape index (κ1) is 49.6. The molecule has 0 radical (unpaired) electrons. The topological polar surface area (TPSA) is 224 Å². The van der Waals surface area contributed by atoms with Crippen LogP contribution < -0.4 is 31.2 Å². The molecule has 3 aromatic carbocycles. The lowest BCUT2D eigenvalue weighted by atomic mass is 10.0. The minimum Gasteiger partial charge on any atom is -0.486 e. The molecule has 3 aliphatic heterocycles. The van der Waals surface area contributed by atoms with Crippen molar-refractivity contribution >= 4 is 47.0 Å². The second kappa shape index (κ2) is 22.2. The number of piperidine rings is 2. The van der Waals surface area contributed by atoms with Crippen molar-refractivity contribution in [3.8, 4) is 22.8 Å². The summed E-state index contributed by atoms with van der Waals surface area (Å²) in [5, 5.41) is 8.41. The fourth-order valence-electron chi connectivity index (χ4n) is 8.52. The minimum atomic E-state index is -4.84. The number of carbonyl (C=O) groups is 7. The number of aryl methyl sites for hydroxylation is 1. The predicted molar refractivity (Wildman–Crippen MR) is 240 cm³/mol. The molecule has 2 saturated heterocycles. The van der Waals surface area contributed by atoms with Gasteiger partial charge in [0.2, 0.25) is 23.6 Å². The number of imide groups is 2. The largest absolute Gasteiger partial charge is 0.573 e. The average Bonchev–Trinajstić information content (AvgIpc) is 3.88. The molecule has 69 heavy (non-hydrogen) atoms. The molecule has 1 unspecified atom stereocenters. The van der Waals surface area contributed by atoms with Gasteiger partial charge in [-0.1, -0.05) is 37.5 Å². The fraction of sp³-hybridized carbons (Fsp3) is 0.417. The molecular formula is C48H52F4N8O9. The molecule has 5 N–H and O–H groups in total. The number of nitrogens with one attached hydrogen (secondary N) is 3. The van der Waals surface area contributed by atoms with E-state index in [0.29, 0.717) is 55.0 Å². The Morgan fingerprint density at radius 3 is 2.38 bits per heavy atom. The van der Waals surface area contributed by atoms with Gasteiger partial charge in [-0.3, -0.25) is 43.8 Å². The third-order valence-electron chi connectivity index (χ3n) is 12.1. The van der Waals surface area contributed by atoms with Crippen LogP contribution in [0.25, 0.3) is 11.3 Å². The first-order valence-electron chi connectivity index (χ1n) is 22.8. The van der Waals surface area contributed by atoms with E-state index >= 15 is 4.39 Å². The van der Waals surface area contributed by atoms with Gasteiger partial charge >= 0.3 is 6.36 Å². The number of fused-ring (bicyclic) bond motifs is 1. The van der Waals surface area contributed by atoms with Crippen molar-refractivity contribution < 1.29 is 60.6 Å². The predicted octanol–water partition coefficient (Wildman–Crippen LogP) is 5.47. The molecule has 2 fully saturated rings. The van der Waals surface area contributed by atoms with Crippen LogP contribution in [0.2, 0.25) is 0 Å². The number of nitrogens with zero attached hydrogens (tertiary/aromatic N) is 4. The normalized spacial score (nSPS) is 18.2. The van der Waals surface area contributed by atoms with Gasteiger partial charge in [-0.15, -0.1) is 13.2 Å². The SMILES string of the molecule is NC(=O)c1cc(-c2cn(CCCC(=O)NCCCCCCCNc3cccc4c3C(=O)N(C3CCC(=O)NC3=O)C4=O)cn2)ccc1O[C@@H]1CCN(C(=O)Cc2ccc(OC(F)(F)F)cc2)C[C@H]1F. The number of likely N-dealkylation sites (tertiary alicyclic amines) is 1. The van der Waals surface area contributed by atoms with Crippen LogP contribution in [0.5, 0.6) is 11.5 Å². The lowest BCUT2D eigenvalue weighted by Crippen LogP contribution is -2.54. The van der Waals surface area contributed by atoms with Crippen molar-refractivity contribution in [2.24, 2.45) is 5.73 Å². The Morgan fingerprint density at radius 1 is 0.899 bits per heavy atom. The zero-order valence-electron chi connectivity index (χ0n) is 37.5. The summed E-state index contributed by atoms with van der Waals surface area (Å²) < 4.78 is 64.4. The van der Waals surface area contributed by atoms with E-state index in [2.05, 4.69) is 25.7 Å². The van der Waals surface area contributed by atoms with E-state index in [-0.39, 0.29) is 67.1 Å². The number of hydrogen-bond donors (Lipinski definition) is 4. The Balaban J connectivity index is 0.769. The van der Waals surface area contributed by atoms with Crippen molar-refractivity contribution in [1.82, 2.24) is 30.0 Å². The highest BCUT2D eigenvalue weighted by atomic mass is 19.4. The maximum Gasteiger partial charge on any atom is 0.573 e. The number of anilines is 1. The Hall–Kier alpha value is -7.32. The molecule has 7 rings (SSSR count). The van der Waals surface area contributed by atoms with E-state index in [4.69, 9.17) is 10.5 Å².